The summed E-state index contributed by atoms with van der Waals surface area (Å²) in [4.78, 5) is 13.4. The van der Waals surface area contributed by atoms with Crippen molar-refractivity contribution in [1.29, 1.82) is 0 Å². The van der Waals surface area contributed by atoms with E-state index in [1.807, 2.05) is 6.07 Å². The van der Waals surface area contributed by atoms with Gasteiger partial charge in [-0.05, 0) is 31.0 Å². The quantitative estimate of drug-likeness (QED) is 0.812. The monoisotopic (exact) mass is 263 g/mol. The van der Waals surface area contributed by atoms with Crippen LogP contribution >= 0.6 is 0 Å². The molecule has 0 spiro atoms. The van der Waals surface area contributed by atoms with Crippen LogP contribution in [0.5, 0.6) is 0 Å². The zero-order valence-electron chi connectivity index (χ0n) is 11.5. The summed E-state index contributed by atoms with van der Waals surface area (Å²) < 4.78 is 5.32. The number of hydrogen-bond acceptors (Lipinski definition) is 4. The maximum atomic E-state index is 11.8. The van der Waals surface area contributed by atoms with E-state index in [1.54, 1.807) is 31.1 Å². The van der Waals surface area contributed by atoms with E-state index in [1.165, 1.54) is 0 Å². The molecule has 1 saturated heterocycles. The molecule has 1 amide bonds. The van der Waals surface area contributed by atoms with E-state index < -0.39 is 0 Å². The summed E-state index contributed by atoms with van der Waals surface area (Å²) in [5, 5.41) is 3.41. The molecule has 0 radical (unpaired) electrons. The number of benzene rings is 1. The van der Waals surface area contributed by atoms with Gasteiger partial charge in [-0.3, -0.25) is 4.79 Å². The number of carbonyl (C=O) groups excluding carboxylic acids is 1. The molecule has 1 aromatic rings. The van der Waals surface area contributed by atoms with Gasteiger partial charge in [0.25, 0.3) is 5.91 Å². The summed E-state index contributed by atoms with van der Waals surface area (Å²) in [6.07, 6.45) is 1.97. The van der Waals surface area contributed by atoms with Crippen molar-refractivity contribution in [3.63, 3.8) is 0 Å². The van der Waals surface area contributed by atoms with E-state index in [0.29, 0.717) is 17.3 Å². The number of nitrogen functional groups attached to an aromatic ring is 1. The van der Waals surface area contributed by atoms with Crippen molar-refractivity contribution in [2.45, 2.75) is 18.9 Å². The van der Waals surface area contributed by atoms with Crippen molar-refractivity contribution in [2.75, 3.05) is 38.4 Å². The van der Waals surface area contributed by atoms with Crippen LogP contribution in [-0.4, -0.2) is 44.2 Å². The second-order valence-electron chi connectivity index (χ2n) is 5.03. The summed E-state index contributed by atoms with van der Waals surface area (Å²) in [7, 11) is 3.46. The molecule has 0 bridgehead atoms. The van der Waals surface area contributed by atoms with Crippen LogP contribution in [0.15, 0.2) is 18.2 Å². The first-order chi connectivity index (χ1) is 9.08. The molecule has 1 fully saturated rings. The summed E-state index contributed by atoms with van der Waals surface area (Å²) in [5.74, 6) is -0.0377. The fourth-order valence-corrected chi connectivity index (χ4v) is 2.15. The predicted molar refractivity (Wildman–Crippen MR) is 76.3 cm³/mol. The maximum absolute atomic E-state index is 11.8. The smallest absolute Gasteiger partial charge is 0.253 e. The Labute approximate surface area is 113 Å². The van der Waals surface area contributed by atoms with Gasteiger partial charge in [-0.15, -0.1) is 0 Å². The number of amides is 1. The average Bonchev–Trinajstić information content (AvgIpc) is 2.41. The predicted octanol–water partition coefficient (Wildman–Crippen LogP) is 1.56. The van der Waals surface area contributed by atoms with Gasteiger partial charge in [-0.1, -0.05) is 0 Å². The molecule has 5 nitrogen and oxygen atoms in total. The first-order valence-electron chi connectivity index (χ1n) is 6.53. The Balaban J connectivity index is 2.08. The highest BCUT2D eigenvalue weighted by molar-refractivity contribution is 5.95. The van der Waals surface area contributed by atoms with Crippen LogP contribution in [0, 0.1) is 0 Å². The lowest BCUT2D eigenvalue weighted by Gasteiger charge is -2.25. The van der Waals surface area contributed by atoms with E-state index in [-0.39, 0.29) is 5.91 Å². The minimum atomic E-state index is -0.0377. The molecule has 0 atom stereocenters. The summed E-state index contributed by atoms with van der Waals surface area (Å²) in [6, 6.07) is 5.80. The van der Waals surface area contributed by atoms with Gasteiger partial charge in [-0.2, -0.15) is 0 Å². The zero-order chi connectivity index (χ0) is 13.8. The molecule has 3 N–H and O–H groups in total. The van der Waals surface area contributed by atoms with E-state index in [9.17, 15) is 4.79 Å². The van der Waals surface area contributed by atoms with E-state index in [2.05, 4.69) is 5.32 Å². The van der Waals surface area contributed by atoms with Crippen molar-refractivity contribution in [1.82, 2.24) is 4.90 Å². The molecule has 0 saturated carbocycles. The normalized spacial score (nSPS) is 16.1. The number of rotatable bonds is 3. The Morgan fingerprint density at radius 1 is 1.37 bits per heavy atom. The zero-order valence-corrected chi connectivity index (χ0v) is 11.5. The Morgan fingerprint density at radius 3 is 2.63 bits per heavy atom. The van der Waals surface area contributed by atoms with Crippen molar-refractivity contribution in [3.8, 4) is 0 Å². The number of hydrogen-bond donors (Lipinski definition) is 2. The highest BCUT2D eigenvalue weighted by Gasteiger charge is 2.15. The third-order valence-corrected chi connectivity index (χ3v) is 3.29. The van der Waals surface area contributed by atoms with Crippen LogP contribution in [0.4, 0.5) is 11.4 Å². The van der Waals surface area contributed by atoms with Gasteiger partial charge in [0.2, 0.25) is 0 Å². The third kappa shape index (κ3) is 3.38. The summed E-state index contributed by atoms with van der Waals surface area (Å²) >= 11 is 0. The molecular weight excluding hydrogens is 242 g/mol. The Bertz CT molecular complexity index is 454. The summed E-state index contributed by atoms with van der Waals surface area (Å²) in [5.41, 5.74) is 8.12. The SMILES string of the molecule is CN(C)C(=O)c1ccc(NC2CCOCC2)c(N)c1. The Morgan fingerprint density at radius 2 is 2.05 bits per heavy atom. The number of nitrogens with two attached hydrogens (primary N) is 1. The number of nitrogens with one attached hydrogen (secondary N) is 1. The van der Waals surface area contributed by atoms with Gasteiger partial charge in [0, 0.05) is 38.9 Å². The van der Waals surface area contributed by atoms with Crippen LogP contribution in [0.3, 0.4) is 0 Å². The van der Waals surface area contributed by atoms with Crippen LogP contribution in [0.25, 0.3) is 0 Å². The first-order valence-corrected chi connectivity index (χ1v) is 6.53. The van der Waals surface area contributed by atoms with Crippen LogP contribution in [0.2, 0.25) is 0 Å². The molecule has 104 valence electrons. The minimum Gasteiger partial charge on any atom is -0.397 e. The fraction of sp³-hybridized carbons (Fsp3) is 0.500. The third-order valence-electron chi connectivity index (χ3n) is 3.29. The molecule has 1 aliphatic heterocycles. The fourth-order valence-electron chi connectivity index (χ4n) is 2.15. The molecule has 2 rings (SSSR count). The van der Waals surface area contributed by atoms with Crippen molar-refractivity contribution in [2.24, 2.45) is 0 Å². The van der Waals surface area contributed by atoms with Crippen LogP contribution in [0.1, 0.15) is 23.2 Å². The number of nitrogens with zero attached hydrogens (tertiary/aromatic N) is 1. The van der Waals surface area contributed by atoms with Crippen molar-refractivity contribution < 1.29 is 9.53 Å². The second kappa shape index (κ2) is 5.93. The summed E-state index contributed by atoms with van der Waals surface area (Å²) in [6.45, 7) is 1.57. The molecule has 0 aromatic heterocycles. The number of anilines is 2. The van der Waals surface area contributed by atoms with E-state index in [0.717, 1.165) is 31.7 Å². The molecular formula is C14H21N3O2. The molecule has 1 aliphatic rings. The standard InChI is InChI=1S/C14H21N3O2/c1-17(2)14(18)10-3-4-13(12(15)9-10)16-11-5-7-19-8-6-11/h3-4,9,11,16H,5-8,15H2,1-2H3. The average molecular weight is 263 g/mol. The molecule has 1 aromatic carbocycles. The largest absolute Gasteiger partial charge is 0.397 e. The van der Waals surface area contributed by atoms with E-state index >= 15 is 0 Å². The van der Waals surface area contributed by atoms with Crippen LogP contribution in [-0.2, 0) is 4.74 Å². The Kier molecular flexibility index (Phi) is 4.27. The highest BCUT2D eigenvalue weighted by atomic mass is 16.5. The highest BCUT2D eigenvalue weighted by Crippen LogP contribution is 2.23. The van der Waals surface area contributed by atoms with Gasteiger partial charge < -0.3 is 20.7 Å². The molecule has 0 aliphatic carbocycles. The molecule has 0 unspecified atom stereocenters. The lowest BCUT2D eigenvalue weighted by molar-refractivity contribution is 0.0827. The van der Waals surface area contributed by atoms with Crippen LogP contribution < -0.4 is 11.1 Å². The van der Waals surface area contributed by atoms with Gasteiger partial charge >= 0.3 is 0 Å². The molecule has 19 heavy (non-hydrogen) atoms. The molecule has 5 heteroatoms. The van der Waals surface area contributed by atoms with Gasteiger partial charge in [0.15, 0.2) is 0 Å². The van der Waals surface area contributed by atoms with Gasteiger partial charge in [-0.25, -0.2) is 0 Å². The number of ether oxygens (including phenoxy) is 1. The lowest BCUT2D eigenvalue weighted by Crippen LogP contribution is -2.28. The second-order valence-corrected chi connectivity index (χ2v) is 5.03. The van der Waals surface area contributed by atoms with Crippen molar-refractivity contribution in [3.05, 3.63) is 23.8 Å². The Hall–Kier alpha value is -1.75. The van der Waals surface area contributed by atoms with Crippen molar-refractivity contribution >= 4 is 17.3 Å². The minimum absolute atomic E-state index is 0.0377. The van der Waals surface area contributed by atoms with Gasteiger partial charge in [0.1, 0.15) is 0 Å². The molecule has 1 heterocycles. The number of carbonyl (C=O) groups is 1. The topological polar surface area (TPSA) is 67.6 Å². The first kappa shape index (κ1) is 13.7. The maximum Gasteiger partial charge on any atom is 0.253 e. The van der Waals surface area contributed by atoms with E-state index in [4.69, 9.17) is 10.5 Å². The van der Waals surface area contributed by atoms with Gasteiger partial charge in [0.05, 0.1) is 11.4 Å². The lowest BCUT2D eigenvalue weighted by atomic mass is 10.1.